The predicted molar refractivity (Wildman–Crippen MR) is 212 cm³/mol. The first-order valence-corrected chi connectivity index (χ1v) is 19.8. The first-order valence-electron chi connectivity index (χ1n) is 18.3. The second-order valence-electron chi connectivity index (χ2n) is 13.6. The van der Waals surface area contributed by atoms with Crippen LogP contribution in [0.4, 0.5) is 4.79 Å². The zero-order valence-corrected chi connectivity index (χ0v) is 32.6. The number of alkyl carbamates (subject to hydrolysis) is 1. The third-order valence-corrected chi connectivity index (χ3v) is 10.2. The molecule has 0 aliphatic heterocycles. The number of amides is 4. The number of sulfone groups is 1. The number of pyridine rings is 1. The number of fused-ring (bicyclic) bond motifs is 1. The molecule has 4 unspecified atom stereocenters. The number of ether oxygens (including phenoxy) is 1. The van der Waals surface area contributed by atoms with Crippen molar-refractivity contribution in [2.24, 2.45) is 5.92 Å². The highest BCUT2D eigenvalue weighted by molar-refractivity contribution is 7.94. The van der Waals surface area contributed by atoms with Crippen molar-refractivity contribution in [3.8, 4) is 0 Å². The van der Waals surface area contributed by atoms with Crippen LogP contribution in [0.25, 0.3) is 10.9 Å². The standard InChI is InChI=1S/C41H45N5O11S/c1-26(2)37(40(53)43-30(23-35(47)48)21-22-58(55,56)31-14-7-4-8-15-31)46-38(51)33(20-19-29-18-17-28-13-9-10-16-32(28)42-29)44-39(52)34(24-36(49)50)45-41(54)57-25-27-11-5-3-6-12-27/h3-18,21-22,26,30,33-34,37H,19-20,23-25H2,1-2H3,(H,43,53)(H,44,52)(H,45,54)(H,46,51)(H,47,48)(H,49,50). The van der Waals surface area contributed by atoms with Crippen molar-refractivity contribution in [3.63, 3.8) is 0 Å². The van der Waals surface area contributed by atoms with Crippen molar-refractivity contribution < 1.29 is 52.1 Å². The summed E-state index contributed by atoms with van der Waals surface area (Å²) in [4.78, 5) is 81.9. The molecule has 0 saturated carbocycles. The molecule has 0 aliphatic rings. The molecule has 3 aromatic carbocycles. The summed E-state index contributed by atoms with van der Waals surface area (Å²) in [6, 6.07) is 21.2. The number of hydrogen-bond donors (Lipinski definition) is 6. The van der Waals surface area contributed by atoms with E-state index in [1.54, 1.807) is 62.4 Å². The fraction of sp³-hybridized carbons (Fsp3) is 0.293. The number of carbonyl (C=O) groups is 6. The van der Waals surface area contributed by atoms with Crippen LogP contribution in [-0.2, 0) is 51.6 Å². The smallest absolute Gasteiger partial charge is 0.408 e. The maximum atomic E-state index is 14.0. The molecule has 0 radical (unpaired) electrons. The molecule has 0 spiro atoms. The van der Waals surface area contributed by atoms with E-state index >= 15 is 0 Å². The lowest BCUT2D eigenvalue weighted by Crippen LogP contribution is -2.58. The zero-order chi connectivity index (χ0) is 42.2. The van der Waals surface area contributed by atoms with E-state index in [0.717, 1.165) is 16.9 Å². The number of benzene rings is 3. The molecular weight excluding hydrogens is 771 g/mol. The molecule has 58 heavy (non-hydrogen) atoms. The number of rotatable bonds is 20. The van der Waals surface area contributed by atoms with Gasteiger partial charge in [-0.25, -0.2) is 13.2 Å². The van der Waals surface area contributed by atoms with Gasteiger partial charge in [0.1, 0.15) is 24.7 Å². The minimum Gasteiger partial charge on any atom is -0.481 e. The van der Waals surface area contributed by atoms with Crippen LogP contribution in [0.3, 0.4) is 0 Å². The molecule has 1 aromatic heterocycles. The van der Waals surface area contributed by atoms with Crippen molar-refractivity contribution in [3.05, 3.63) is 120 Å². The molecule has 4 rings (SSSR count). The van der Waals surface area contributed by atoms with Gasteiger partial charge in [-0.05, 0) is 54.7 Å². The Morgan fingerprint density at radius 3 is 1.98 bits per heavy atom. The number of carbonyl (C=O) groups excluding carboxylic acids is 4. The van der Waals surface area contributed by atoms with E-state index < -0.39 is 88.5 Å². The number of hydrogen-bond acceptors (Lipinski definition) is 10. The van der Waals surface area contributed by atoms with Crippen LogP contribution in [0, 0.1) is 5.92 Å². The molecule has 4 amide bonds. The summed E-state index contributed by atoms with van der Waals surface area (Å²) < 4.78 is 30.9. The summed E-state index contributed by atoms with van der Waals surface area (Å²) in [6.07, 6.45) is -1.54. The normalized spacial score (nSPS) is 13.5. The second kappa shape index (κ2) is 21.1. The van der Waals surface area contributed by atoms with Crippen molar-refractivity contribution in [2.45, 2.75) is 75.2 Å². The summed E-state index contributed by atoms with van der Waals surface area (Å²) in [5, 5.41) is 30.6. The number of aliphatic carboxylic acids is 2. The molecule has 0 fully saturated rings. The Morgan fingerprint density at radius 1 is 0.707 bits per heavy atom. The minimum atomic E-state index is -4.00. The third-order valence-electron chi connectivity index (χ3n) is 8.71. The van der Waals surface area contributed by atoms with Gasteiger partial charge in [0.15, 0.2) is 9.84 Å². The molecule has 17 heteroatoms. The van der Waals surface area contributed by atoms with Crippen molar-refractivity contribution in [2.75, 3.05) is 0 Å². The van der Waals surface area contributed by atoms with E-state index in [2.05, 4.69) is 26.3 Å². The zero-order valence-electron chi connectivity index (χ0n) is 31.7. The van der Waals surface area contributed by atoms with Gasteiger partial charge in [-0.2, -0.15) is 0 Å². The largest absolute Gasteiger partial charge is 0.481 e. The van der Waals surface area contributed by atoms with Crippen LogP contribution in [0.2, 0.25) is 0 Å². The maximum Gasteiger partial charge on any atom is 0.408 e. The number of aromatic nitrogens is 1. The fourth-order valence-electron chi connectivity index (χ4n) is 5.68. The molecule has 4 atom stereocenters. The van der Waals surface area contributed by atoms with Gasteiger partial charge in [0, 0.05) is 16.5 Å². The van der Waals surface area contributed by atoms with Crippen LogP contribution in [-0.4, -0.2) is 83.5 Å². The Bertz CT molecular complexity index is 2220. The summed E-state index contributed by atoms with van der Waals surface area (Å²) in [5.41, 5.74) is 1.88. The van der Waals surface area contributed by atoms with E-state index in [-0.39, 0.29) is 24.3 Å². The second-order valence-corrected chi connectivity index (χ2v) is 15.4. The molecule has 16 nitrogen and oxygen atoms in total. The van der Waals surface area contributed by atoms with Crippen LogP contribution >= 0.6 is 0 Å². The van der Waals surface area contributed by atoms with Crippen LogP contribution in [0.1, 0.15) is 44.4 Å². The number of carboxylic acids is 2. The van der Waals surface area contributed by atoms with E-state index in [1.165, 1.54) is 24.3 Å². The van der Waals surface area contributed by atoms with E-state index in [0.29, 0.717) is 16.8 Å². The Kier molecular flexibility index (Phi) is 16.0. The first-order chi connectivity index (χ1) is 27.6. The van der Waals surface area contributed by atoms with Gasteiger partial charge in [0.25, 0.3) is 0 Å². The number of aryl methyl sites for hydroxylation is 1. The van der Waals surface area contributed by atoms with Gasteiger partial charge >= 0.3 is 18.0 Å². The van der Waals surface area contributed by atoms with Crippen LogP contribution < -0.4 is 21.3 Å². The van der Waals surface area contributed by atoms with Crippen LogP contribution in [0.5, 0.6) is 0 Å². The highest BCUT2D eigenvalue weighted by atomic mass is 32.2. The average molecular weight is 816 g/mol. The lowest BCUT2D eigenvalue weighted by atomic mass is 10.0. The van der Waals surface area contributed by atoms with Gasteiger partial charge in [-0.15, -0.1) is 0 Å². The van der Waals surface area contributed by atoms with Gasteiger partial charge in [0.05, 0.1) is 29.3 Å². The highest BCUT2D eigenvalue weighted by Gasteiger charge is 2.33. The molecule has 0 aliphatic carbocycles. The Morgan fingerprint density at radius 2 is 1.33 bits per heavy atom. The number of nitrogens with one attached hydrogen (secondary N) is 4. The van der Waals surface area contributed by atoms with E-state index in [4.69, 9.17) is 4.74 Å². The molecule has 6 N–H and O–H groups in total. The Balaban J connectivity index is 1.54. The van der Waals surface area contributed by atoms with Gasteiger partial charge < -0.3 is 36.2 Å². The summed E-state index contributed by atoms with van der Waals surface area (Å²) in [7, 11) is -4.00. The lowest BCUT2D eigenvalue weighted by Gasteiger charge is -2.27. The fourth-order valence-corrected chi connectivity index (χ4v) is 6.77. The number of carboxylic acid groups (broad SMARTS) is 2. The van der Waals surface area contributed by atoms with Gasteiger partial charge in [-0.3, -0.25) is 29.0 Å². The Labute approximate surface area is 335 Å². The minimum absolute atomic E-state index is 0.0455. The summed E-state index contributed by atoms with van der Waals surface area (Å²) in [5.74, 6) is -6.10. The quantitative estimate of drug-likeness (QED) is 0.0751. The van der Waals surface area contributed by atoms with Crippen molar-refractivity contribution in [1.29, 1.82) is 0 Å². The van der Waals surface area contributed by atoms with Gasteiger partial charge in [-0.1, -0.05) is 86.6 Å². The lowest BCUT2D eigenvalue weighted by molar-refractivity contribution is -0.140. The molecule has 0 bridgehead atoms. The predicted octanol–water partition coefficient (Wildman–Crippen LogP) is 3.51. The van der Waals surface area contributed by atoms with Crippen molar-refractivity contribution >= 4 is 56.5 Å². The third kappa shape index (κ3) is 13.8. The van der Waals surface area contributed by atoms with E-state index in [9.17, 15) is 47.4 Å². The molecule has 4 aromatic rings. The molecule has 0 saturated heterocycles. The van der Waals surface area contributed by atoms with Gasteiger partial charge in [0.2, 0.25) is 17.7 Å². The molecule has 306 valence electrons. The van der Waals surface area contributed by atoms with Crippen molar-refractivity contribution in [1.82, 2.24) is 26.3 Å². The maximum absolute atomic E-state index is 14.0. The summed E-state index contributed by atoms with van der Waals surface area (Å²) in [6.45, 7) is 3.04. The first kappa shape index (κ1) is 44.1. The highest BCUT2D eigenvalue weighted by Crippen LogP contribution is 2.15. The number of para-hydroxylation sites is 1. The molecular formula is C41H45N5O11S. The average Bonchev–Trinajstić information content (AvgIpc) is 3.19. The topological polar surface area (TPSA) is 247 Å². The number of nitrogens with zero attached hydrogens (tertiary/aromatic N) is 1. The molecule has 1 heterocycles. The van der Waals surface area contributed by atoms with E-state index in [1.807, 2.05) is 24.3 Å². The summed E-state index contributed by atoms with van der Waals surface area (Å²) >= 11 is 0. The monoisotopic (exact) mass is 815 g/mol. The Hall–Kier alpha value is -6.62. The SMILES string of the molecule is CC(C)C(NC(=O)C(CCc1ccc2ccccc2n1)NC(=O)C(CC(=O)O)NC(=O)OCc1ccccc1)C(=O)NC(C=CS(=O)(=O)c1ccccc1)CC(=O)O. The van der Waals surface area contributed by atoms with Crippen LogP contribution in [0.15, 0.2) is 113 Å².